The zero-order valence-electron chi connectivity index (χ0n) is 18.7. The molecular formula is C24H23F3N2O6. The van der Waals surface area contributed by atoms with Crippen LogP contribution in [0.4, 0.5) is 18.9 Å². The monoisotopic (exact) mass is 492 g/mol. The van der Waals surface area contributed by atoms with Gasteiger partial charge in [0.05, 0.1) is 29.7 Å². The highest BCUT2D eigenvalue weighted by molar-refractivity contribution is 6.05. The highest BCUT2D eigenvalue weighted by atomic mass is 19.4. The van der Waals surface area contributed by atoms with Crippen molar-refractivity contribution >= 4 is 23.5 Å². The molecule has 2 amide bonds. The molecule has 8 nitrogen and oxygen atoms in total. The number of rotatable bonds is 4. The summed E-state index contributed by atoms with van der Waals surface area (Å²) in [6, 6.07) is 7.97. The molecule has 0 saturated carbocycles. The largest absolute Gasteiger partial charge is 0.490 e. The number of carbonyl (C=O) groups excluding carboxylic acids is 2. The number of carbonyl (C=O) groups is 3. The average Bonchev–Trinajstić information content (AvgIpc) is 2.81. The van der Waals surface area contributed by atoms with Crippen molar-refractivity contribution in [3.8, 4) is 5.75 Å². The number of hydrogen-bond acceptors (Lipinski definition) is 5. The van der Waals surface area contributed by atoms with Crippen molar-refractivity contribution in [1.29, 1.82) is 0 Å². The van der Waals surface area contributed by atoms with Crippen molar-refractivity contribution in [2.75, 3.05) is 19.0 Å². The van der Waals surface area contributed by atoms with Gasteiger partial charge in [-0.15, -0.1) is 0 Å². The smallest absolute Gasteiger partial charge is 0.416 e. The number of benzene rings is 2. The van der Waals surface area contributed by atoms with Gasteiger partial charge in [-0.1, -0.05) is 0 Å². The first-order valence-corrected chi connectivity index (χ1v) is 10.9. The maximum Gasteiger partial charge on any atom is 0.416 e. The highest BCUT2D eigenvalue weighted by Gasteiger charge is 2.39. The fourth-order valence-corrected chi connectivity index (χ4v) is 4.31. The third kappa shape index (κ3) is 5.40. The molecule has 186 valence electrons. The number of amides is 2. The van der Waals surface area contributed by atoms with Crippen LogP contribution >= 0.6 is 0 Å². The van der Waals surface area contributed by atoms with Crippen LogP contribution in [0.15, 0.2) is 42.5 Å². The highest BCUT2D eigenvalue weighted by Crippen LogP contribution is 2.33. The van der Waals surface area contributed by atoms with Gasteiger partial charge in [0.15, 0.2) is 0 Å². The van der Waals surface area contributed by atoms with E-state index in [0.29, 0.717) is 12.8 Å². The van der Waals surface area contributed by atoms with Crippen LogP contribution in [0.25, 0.3) is 0 Å². The lowest BCUT2D eigenvalue weighted by atomic mass is 9.94. The van der Waals surface area contributed by atoms with Crippen molar-refractivity contribution in [2.24, 2.45) is 0 Å². The first-order valence-electron chi connectivity index (χ1n) is 10.9. The lowest BCUT2D eigenvalue weighted by Crippen LogP contribution is -2.53. The van der Waals surface area contributed by atoms with E-state index in [0.717, 1.165) is 24.3 Å². The third-order valence-electron chi connectivity index (χ3n) is 6.15. The van der Waals surface area contributed by atoms with E-state index in [-0.39, 0.29) is 47.5 Å². The molecule has 2 aliphatic heterocycles. The lowest BCUT2D eigenvalue weighted by molar-refractivity contribution is -0.148. The molecule has 0 aliphatic carbocycles. The Hall–Kier alpha value is -3.60. The summed E-state index contributed by atoms with van der Waals surface area (Å²) in [6.45, 7) is 0.114. The number of nitrogens with one attached hydrogen (secondary N) is 1. The van der Waals surface area contributed by atoms with Gasteiger partial charge in [0.2, 0.25) is 0 Å². The molecule has 0 unspecified atom stereocenters. The Morgan fingerprint density at radius 3 is 2.51 bits per heavy atom. The number of nitrogens with zero attached hydrogens (tertiary/aromatic N) is 1. The summed E-state index contributed by atoms with van der Waals surface area (Å²) in [5.74, 6) is -1.67. The van der Waals surface area contributed by atoms with E-state index in [1.807, 2.05) is 0 Å². The number of hydrogen-bond donors (Lipinski definition) is 2. The number of halogens is 3. The second-order valence-electron chi connectivity index (χ2n) is 8.51. The average molecular weight is 492 g/mol. The SMILES string of the molecule is CN1C(=O)c2cc(NC(=O)c3ccc(C(F)(F)F)cc3)ccc2OC[C@H]2O[C@H](CC(=O)O)CC[C@@H]21. The van der Waals surface area contributed by atoms with Gasteiger partial charge in [-0.25, -0.2) is 0 Å². The molecule has 3 atom stereocenters. The first kappa shape index (κ1) is 24.5. The molecule has 2 aromatic carbocycles. The number of likely N-dealkylation sites (N-methyl/N-ethyl adjacent to an activating group) is 1. The predicted octanol–water partition coefficient (Wildman–Crippen LogP) is 3.81. The van der Waals surface area contributed by atoms with Crippen molar-refractivity contribution < 1.29 is 42.1 Å². The van der Waals surface area contributed by atoms with E-state index in [2.05, 4.69) is 5.32 Å². The second kappa shape index (κ2) is 9.57. The number of ether oxygens (including phenoxy) is 2. The van der Waals surface area contributed by atoms with Crippen LogP contribution in [0.2, 0.25) is 0 Å². The van der Waals surface area contributed by atoms with E-state index in [1.54, 1.807) is 7.05 Å². The van der Waals surface area contributed by atoms with Crippen LogP contribution in [0.3, 0.4) is 0 Å². The number of carboxylic acid groups (broad SMARTS) is 1. The van der Waals surface area contributed by atoms with E-state index in [4.69, 9.17) is 14.6 Å². The van der Waals surface area contributed by atoms with Crippen LogP contribution < -0.4 is 10.1 Å². The third-order valence-corrected chi connectivity index (χ3v) is 6.15. The van der Waals surface area contributed by atoms with Crippen molar-refractivity contribution in [3.05, 3.63) is 59.2 Å². The molecule has 1 saturated heterocycles. The summed E-state index contributed by atoms with van der Waals surface area (Å²) in [7, 11) is 1.63. The molecule has 11 heteroatoms. The Morgan fingerprint density at radius 2 is 1.86 bits per heavy atom. The summed E-state index contributed by atoms with van der Waals surface area (Å²) in [5.41, 5.74) is -0.343. The summed E-state index contributed by atoms with van der Waals surface area (Å²) < 4.78 is 50.0. The fourth-order valence-electron chi connectivity index (χ4n) is 4.31. The van der Waals surface area contributed by atoms with Crippen LogP contribution in [0.5, 0.6) is 5.75 Å². The molecule has 2 aliphatic rings. The van der Waals surface area contributed by atoms with Gasteiger partial charge in [0, 0.05) is 18.3 Å². The zero-order chi connectivity index (χ0) is 25.3. The Kier molecular flexibility index (Phi) is 6.70. The molecule has 2 N–H and O–H groups in total. The second-order valence-corrected chi connectivity index (χ2v) is 8.51. The normalized spacial score (nSPS) is 22.2. The first-order chi connectivity index (χ1) is 16.5. The fraction of sp³-hybridized carbons (Fsp3) is 0.375. The van der Waals surface area contributed by atoms with Gasteiger partial charge in [-0.2, -0.15) is 13.2 Å². The summed E-state index contributed by atoms with van der Waals surface area (Å²) in [4.78, 5) is 38.3. The molecule has 0 spiro atoms. The zero-order valence-corrected chi connectivity index (χ0v) is 18.7. The number of anilines is 1. The Bertz CT molecular complexity index is 1140. The molecule has 0 aromatic heterocycles. The quantitative estimate of drug-likeness (QED) is 0.673. The van der Waals surface area contributed by atoms with Crippen LogP contribution in [-0.4, -0.2) is 59.7 Å². The standard InChI is InChI=1S/C24H23F3N2O6/c1-29-18-8-7-16(11-21(30)31)35-20(18)12-34-19-9-6-15(10-17(19)23(29)33)28-22(32)13-2-4-14(5-3-13)24(25,26)27/h2-6,9-10,16,18,20H,7-8,11-12H2,1H3,(H,28,32)(H,30,31)/t16-,18-,20+/m0/s1. The van der Waals surface area contributed by atoms with Gasteiger partial charge >= 0.3 is 12.1 Å². The Labute approximate surface area is 198 Å². The Morgan fingerprint density at radius 1 is 1.14 bits per heavy atom. The predicted molar refractivity (Wildman–Crippen MR) is 117 cm³/mol. The van der Waals surface area contributed by atoms with Gasteiger partial charge in [-0.05, 0) is 55.3 Å². The molecule has 2 heterocycles. The molecule has 0 bridgehead atoms. The number of fused-ring (bicyclic) bond motifs is 2. The number of carboxylic acids is 1. The van der Waals surface area contributed by atoms with Crippen molar-refractivity contribution in [2.45, 2.75) is 43.7 Å². The maximum absolute atomic E-state index is 13.2. The van der Waals surface area contributed by atoms with Crippen LogP contribution in [0.1, 0.15) is 45.5 Å². The van der Waals surface area contributed by atoms with Gasteiger partial charge in [0.25, 0.3) is 11.8 Å². The minimum Gasteiger partial charge on any atom is -0.490 e. The van der Waals surface area contributed by atoms with Gasteiger partial charge < -0.3 is 24.8 Å². The molecule has 2 aromatic rings. The molecule has 1 fully saturated rings. The Balaban J connectivity index is 1.50. The van der Waals surface area contributed by atoms with Crippen LogP contribution in [-0.2, 0) is 15.7 Å². The number of alkyl halides is 3. The van der Waals surface area contributed by atoms with E-state index >= 15 is 0 Å². The lowest BCUT2D eigenvalue weighted by Gasteiger charge is -2.42. The van der Waals surface area contributed by atoms with Crippen molar-refractivity contribution in [1.82, 2.24) is 4.90 Å². The summed E-state index contributed by atoms with van der Waals surface area (Å²) in [6.07, 6.45) is -4.54. The van der Waals surface area contributed by atoms with Crippen molar-refractivity contribution in [3.63, 3.8) is 0 Å². The number of aliphatic carboxylic acids is 1. The minimum atomic E-state index is -4.50. The van der Waals surface area contributed by atoms with Gasteiger partial charge in [0.1, 0.15) is 18.5 Å². The summed E-state index contributed by atoms with van der Waals surface area (Å²) >= 11 is 0. The topological polar surface area (TPSA) is 105 Å². The van der Waals surface area contributed by atoms with Gasteiger partial charge in [-0.3, -0.25) is 14.4 Å². The van der Waals surface area contributed by atoms with Crippen LogP contribution in [0, 0.1) is 0 Å². The van der Waals surface area contributed by atoms with E-state index in [1.165, 1.54) is 23.1 Å². The minimum absolute atomic E-state index is 0.0301. The molecular weight excluding hydrogens is 469 g/mol. The molecule has 4 rings (SSSR count). The van der Waals surface area contributed by atoms with E-state index in [9.17, 15) is 27.6 Å². The van der Waals surface area contributed by atoms with E-state index < -0.39 is 35.8 Å². The summed E-state index contributed by atoms with van der Waals surface area (Å²) in [5, 5.41) is 11.6. The molecule has 35 heavy (non-hydrogen) atoms. The molecule has 0 radical (unpaired) electrons. The maximum atomic E-state index is 13.2.